The molecule has 16 heavy (non-hydrogen) atoms. The van der Waals surface area contributed by atoms with Crippen LogP contribution in [0.4, 0.5) is 0 Å². The van der Waals surface area contributed by atoms with Gasteiger partial charge in [0.15, 0.2) is 0 Å². The van der Waals surface area contributed by atoms with E-state index in [1.807, 2.05) is 0 Å². The minimum atomic E-state index is -3.22. The summed E-state index contributed by atoms with van der Waals surface area (Å²) >= 11 is 0. The fraction of sp³-hybridized carbons (Fsp3) is 0.889. The molecule has 1 heterocycles. The molecule has 0 aromatic rings. The van der Waals surface area contributed by atoms with E-state index in [0.717, 1.165) is 0 Å². The number of hydrogen-bond acceptors (Lipinski definition) is 4. The highest BCUT2D eigenvalue weighted by molar-refractivity contribution is 7.89. The molecule has 1 amide bonds. The summed E-state index contributed by atoms with van der Waals surface area (Å²) < 4.78 is 29.7. The second-order valence-corrected chi connectivity index (χ2v) is 5.80. The molecule has 0 atom stereocenters. The SMILES string of the molecule is COCCS(=O)(=O)N1CCN(C(C)=O)CC1. The van der Waals surface area contributed by atoms with Crippen molar-refractivity contribution in [3.63, 3.8) is 0 Å². The average Bonchev–Trinajstić information content (AvgIpc) is 2.26. The molecule has 94 valence electrons. The highest BCUT2D eigenvalue weighted by atomic mass is 32.2. The summed E-state index contributed by atoms with van der Waals surface area (Å²) in [6.07, 6.45) is 0. The molecule has 0 saturated carbocycles. The van der Waals surface area contributed by atoms with Crippen LogP contribution >= 0.6 is 0 Å². The van der Waals surface area contributed by atoms with Crippen LogP contribution < -0.4 is 0 Å². The lowest BCUT2D eigenvalue weighted by Gasteiger charge is -2.33. The lowest BCUT2D eigenvalue weighted by atomic mass is 10.3. The van der Waals surface area contributed by atoms with E-state index < -0.39 is 10.0 Å². The zero-order valence-corrected chi connectivity index (χ0v) is 10.5. The summed E-state index contributed by atoms with van der Waals surface area (Å²) in [6.45, 7) is 3.41. The van der Waals surface area contributed by atoms with Crippen molar-refractivity contribution >= 4 is 15.9 Å². The summed E-state index contributed by atoms with van der Waals surface area (Å²) in [5.74, 6) is -0.00207. The minimum absolute atomic E-state index is 0.00354. The van der Waals surface area contributed by atoms with E-state index in [1.165, 1.54) is 18.3 Å². The molecule has 1 aliphatic rings. The molecule has 1 fully saturated rings. The Morgan fingerprint density at radius 3 is 2.25 bits per heavy atom. The Morgan fingerprint density at radius 2 is 1.81 bits per heavy atom. The van der Waals surface area contributed by atoms with Crippen LogP contribution in [0, 0.1) is 0 Å². The van der Waals surface area contributed by atoms with E-state index >= 15 is 0 Å². The molecule has 1 rings (SSSR count). The third-order valence-electron chi connectivity index (χ3n) is 2.62. The van der Waals surface area contributed by atoms with Crippen molar-refractivity contribution in [3.8, 4) is 0 Å². The first kappa shape index (κ1) is 13.4. The van der Waals surface area contributed by atoms with E-state index in [9.17, 15) is 13.2 Å². The summed E-state index contributed by atoms with van der Waals surface area (Å²) in [6, 6.07) is 0. The molecular formula is C9H18N2O4S. The smallest absolute Gasteiger partial charge is 0.219 e. The van der Waals surface area contributed by atoms with Gasteiger partial charge in [0.2, 0.25) is 15.9 Å². The number of rotatable bonds is 4. The predicted molar refractivity (Wildman–Crippen MR) is 59.5 cm³/mol. The molecule has 6 nitrogen and oxygen atoms in total. The number of nitrogens with zero attached hydrogens (tertiary/aromatic N) is 2. The van der Waals surface area contributed by atoms with Crippen molar-refractivity contribution in [2.75, 3.05) is 45.6 Å². The van der Waals surface area contributed by atoms with Crippen LogP contribution in [0.1, 0.15) is 6.92 Å². The largest absolute Gasteiger partial charge is 0.384 e. The summed E-state index contributed by atoms with van der Waals surface area (Å²) in [7, 11) is -1.75. The Hall–Kier alpha value is -0.660. The van der Waals surface area contributed by atoms with Crippen LogP contribution in [-0.2, 0) is 19.6 Å². The van der Waals surface area contributed by atoms with Crippen LogP contribution in [0.25, 0.3) is 0 Å². The summed E-state index contributed by atoms with van der Waals surface area (Å²) in [5, 5.41) is 0. The first-order chi connectivity index (χ1) is 7.47. The fourth-order valence-corrected chi connectivity index (χ4v) is 2.95. The molecule has 0 N–H and O–H groups in total. The summed E-state index contributed by atoms with van der Waals surface area (Å²) in [5.41, 5.74) is 0. The van der Waals surface area contributed by atoms with E-state index in [2.05, 4.69) is 0 Å². The number of carbonyl (C=O) groups excluding carboxylic acids is 1. The number of carbonyl (C=O) groups is 1. The number of sulfonamides is 1. The van der Waals surface area contributed by atoms with Gasteiger partial charge in [-0.1, -0.05) is 0 Å². The quantitative estimate of drug-likeness (QED) is 0.650. The molecule has 7 heteroatoms. The Bertz CT molecular complexity index is 333. The molecule has 0 aromatic heterocycles. The minimum Gasteiger partial charge on any atom is -0.384 e. The molecule has 0 spiro atoms. The third-order valence-corrected chi connectivity index (χ3v) is 4.46. The van der Waals surface area contributed by atoms with E-state index in [0.29, 0.717) is 26.2 Å². The normalized spacial score (nSPS) is 18.8. The maximum Gasteiger partial charge on any atom is 0.219 e. The monoisotopic (exact) mass is 250 g/mol. The van der Waals surface area contributed by atoms with Crippen molar-refractivity contribution < 1.29 is 17.9 Å². The second-order valence-electron chi connectivity index (χ2n) is 3.71. The predicted octanol–water partition coefficient (Wildman–Crippen LogP) is -0.873. The molecule has 0 aromatic carbocycles. The molecule has 1 saturated heterocycles. The van der Waals surface area contributed by atoms with Gasteiger partial charge in [0.25, 0.3) is 0 Å². The lowest BCUT2D eigenvalue weighted by Crippen LogP contribution is -2.50. The van der Waals surface area contributed by atoms with Crippen LogP contribution in [0.5, 0.6) is 0 Å². The first-order valence-electron chi connectivity index (χ1n) is 5.19. The Kier molecular flexibility index (Phi) is 4.69. The maximum atomic E-state index is 11.8. The molecule has 0 bridgehead atoms. The van der Waals surface area contributed by atoms with Crippen LogP contribution in [-0.4, -0.2) is 69.2 Å². The van der Waals surface area contributed by atoms with Gasteiger partial charge in [-0.05, 0) is 0 Å². The van der Waals surface area contributed by atoms with Crippen LogP contribution in [0.2, 0.25) is 0 Å². The Balaban J connectivity index is 2.50. The average molecular weight is 250 g/mol. The van der Waals surface area contributed by atoms with Gasteiger partial charge in [-0.3, -0.25) is 4.79 Å². The number of amides is 1. The van der Waals surface area contributed by atoms with Crippen molar-refractivity contribution in [1.29, 1.82) is 0 Å². The maximum absolute atomic E-state index is 11.8. The van der Waals surface area contributed by atoms with Crippen molar-refractivity contribution in [2.45, 2.75) is 6.92 Å². The van der Waals surface area contributed by atoms with E-state index in [1.54, 1.807) is 4.90 Å². The molecule has 1 aliphatic heterocycles. The summed E-state index contributed by atoms with van der Waals surface area (Å²) in [4.78, 5) is 12.7. The molecular weight excluding hydrogens is 232 g/mol. The zero-order chi connectivity index (χ0) is 12.2. The highest BCUT2D eigenvalue weighted by Gasteiger charge is 2.27. The van der Waals surface area contributed by atoms with Crippen LogP contribution in [0.15, 0.2) is 0 Å². The van der Waals surface area contributed by atoms with Gasteiger partial charge in [-0.25, -0.2) is 8.42 Å². The van der Waals surface area contributed by atoms with Gasteiger partial charge in [0.05, 0.1) is 12.4 Å². The fourth-order valence-electron chi connectivity index (χ4n) is 1.60. The third kappa shape index (κ3) is 3.43. The number of piperazine rings is 1. The van der Waals surface area contributed by atoms with Crippen molar-refractivity contribution in [3.05, 3.63) is 0 Å². The van der Waals surface area contributed by atoms with Gasteiger partial charge >= 0.3 is 0 Å². The number of ether oxygens (including phenoxy) is 1. The second kappa shape index (κ2) is 5.60. The zero-order valence-electron chi connectivity index (χ0n) is 9.68. The molecule has 0 radical (unpaired) electrons. The number of methoxy groups -OCH3 is 1. The standard InChI is InChI=1S/C9H18N2O4S/c1-9(12)10-3-5-11(6-4-10)16(13,14)8-7-15-2/h3-8H2,1-2H3. The van der Waals surface area contributed by atoms with Crippen molar-refractivity contribution in [2.24, 2.45) is 0 Å². The van der Waals surface area contributed by atoms with Gasteiger partial charge in [-0.2, -0.15) is 4.31 Å². The topological polar surface area (TPSA) is 66.9 Å². The first-order valence-corrected chi connectivity index (χ1v) is 6.80. The molecule has 0 aliphatic carbocycles. The van der Waals surface area contributed by atoms with E-state index in [-0.39, 0.29) is 18.3 Å². The van der Waals surface area contributed by atoms with Gasteiger partial charge in [0.1, 0.15) is 0 Å². The molecule has 0 unspecified atom stereocenters. The highest BCUT2D eigenvalue weighted by Crippen LogP contribution is 2.08. The van der Waals surface area contributed by atoms with Crippen LogP contribution in [0.3, 0.4) is 0 Å². The van der Waals surface area contributed by atoms with E-state index in [4.69, 9.17) is 4.74 Å². The van der Waals surface area contributed by atoms with Gasteiger partial charge < -0.3 is 9.64 Å². The lowest BCUT2D eigenvalue weighted by molar-refractivity contribution is -0.129. The van der Waals surface area contributed by atoms with Gasteiger partial charge in [-0.15, -0.1) is 0 Å². The number of hydrogen-bond donors (Lipinski definition) is 0. The van der Waals surface area contributed by atoms with Crippen molar-refractivity contribution in [1.82, 2.24) is 9.21 Å². The van der Waals surface area contributed by atoms with Gasteiger partial charge in [0, 0.05) is 40.2 Å². The Labute approximate surface area is 96.2 Å². The Morgan fingerprint density at radius 1 is 1.25 bits per heavy atom.